The Labute approximate surface area is 131 Å². The lowest BCUT2D eigenvalue weighted by Crippen LogP contribution is -2.38. The zero-order chi connectivity index (χ0) is 15.7. The molecule has 6 heteroatoms. The van der Waals surface area contributed by atoms with Crippen LogP contribution in [0.25, 0.3) is 0 Å². The van der Waals surface area contributed by atoms with Crippen molar-refractivity contribution in [1.82, 2.24) is 10.2 Å². The molecule has 1 rings (SSSR count). The van der Waals surface area contributed by atoms with Crippen LogP contribution in [-0.4, -0.2) is 49.1 Å². The Morgan fingerprint density at radius 3 is 2.81 bits per heavy atom. The lowest BCUT2D eigenvalue weighted by atomic mass is 10.2. The van der Waals surface area contributed by atoms with E-state index in [0.29, 0.717) is 24.7 Å². The number of likely N-dealkylation sites (N-methyl/N-ethyl adjacent to an activating group) is 1. The highest BCUT2D eigenvalue weighted by molar-refractivity contribution is 7.80. The number of nitrogens with two attached hydrogens (primary N) is 1. The van der Waals surface area contributed by atoms with Gasteiger partial charge in [-0.2, -0.15) is 0 Å². The summed E-state index contributed by atoms with van der Waals surface area (Å²) in [7, 11) is 1.64. The van der Waals surface area contributed by atoms with Gasteiger partial charge in [0.25, 0.3) is 0 Å². The molecule has 0 saturated carbocycles. The summed E-state index contributed by atoms with van der Waals surface area (Å²) in [6, 6.07) is 7.40. The smallest absolute Gasteiger partial charge is 0.233 e. The number of nitrogens with one attached hydrogen (secondary N) is 1. The Balaban J connectivity index is 2.47. The Morgan fingerprint density at radius 2 is 2.19 bits per heavy atom. The molecule has 0 aromatic heterocycles. The number of ether oxygens (including phenoxy) is 1. The molecular formula is C15H23N3O2S. The van der Waals surface area contributed by atoms with Crippen LogP contribution in [0.5, 0.6) is 5.75 Å². The van der Waals surface area contributed by atoms with Gasteiger partial charge >= 0.3 is 0 Å². The van der Waals surface area contributed by atoms with Crippen molar-refractivity contribution in [2.75, 3.05) is 33.3 Å². The van der Waals surface area contributed by atoms with Crippen LogP contribution in [0.15, 0.2) is 24.3 Å². The lowest BCUT2D eigenvalue weighted by molar-refractivity contribution is -0.121. The predicted octanol–water partition coefficient (Wildman–Crippen LogP) is 1.16. The van der Waals surface area contributed by atoms with Gasteiger partial charge in [0.15, 0.2) is 0 Å². The lowest BCUT2D eigenvalue weighted by Gasteiger charge is -2.20. The molecule has 0 bridgehead atoms. The van der Waals surface area contributed by atoms with Crippen LogP contribution in [0.1, 0.15) is 18.9 Å². The standard InChI is InChI=1S/C15H23N3O2S/c1-3-7-18(11-14(19)17-2)8-9-20-13-6-4-5-12(10-13)15(16)21/h4-6,10H,3,7-9,11H2,1-2H3,(H2,16,21)(H,17,19). The number of rotatable bonds is 9. The highest BCUT2D eigenvalue weighted by atomic mass is 32.1. The molecule has 0 spiro atoms. The molecule has 116 valence electrons. The molecule has 1 aromatic carbocycles. The zero-order valence-electron chi connectivity index (χ0n) is 12.6. The van der Waals surface area contributed by atoms with Crippen molar-refractivity contribution in [1.29, 1.82) is 0 Å². The van der Waals surface area contributed by atoms with E-state index in [9.17, 15) is 4.79 Å². The first kappa shape index (κ1) is 17.4. The molecule has 0 radical (unpaired) electrons. The van der Waals surface area contributed by atoms with Crippen LogP contribution in [0, 0.1) is 0 Å². The fraction of sp³-hybridized carbons (Fsp3) is 0.467. The first-order chi connectivity index (χ1) is 10.1. The van der Waals surface area contributed by atoms with Crippen molar-refractivity contribution in [2.24, 2.45) is 5.73 Å². The fourth-order valence-electron chi connectivity index (χ4n) is 1.90. The molecule has 0 saturated heterocycles. The van der Waals surface area contributed by atoms with Crippen molar-refractivity contribution < 1.29 is 9.53 Å². The van der Waals surface area contributed by atoms with Gasteiger partial charge < -0.3 is 15.8 Å². The summed E-state index contributed by atoms with van der Waals surface area (Å²) in [6.45, 7) is 4.55. The van der Waals surface area contributed by atoms with E-state index >= 15 is 0 Å². The van der Waals surface area contributed by atoms with Gasteiger partial charge in [0.05, 0.1) is 6.54 Å². The molecule has 5 nitrogen and oxygen atoms in total. The minimum absolute atomic E-state index is 0.0129. The van der Waals surface area contributed by atoms with Crippen LogP contribution in [0.4, 0.5) is 0 Å². The van der Waals surface area contributed by atoms with Crippen molar-refractivity contribution >= 4 is 23.1 Å². The highest BCUT2D eigenvalue weighted by Crippen LogP contribution is 2.13. The molecule has 0 heterocycles. The van der Waals surface area contributed by atoms with E-state index in [0.717, 1.165) is 24.3 Å². The molecule has 0 aliphatic rings. The van der Waals surface area contributed by atoms with Crippen LogP contribution in [0.3, 0.4) is 0 Å². The van der Waals surface area contributed by atoms with Crippen LogP contribution < -0.4 is 15.8 Å². The summed E-state index contributed by atoms with van der Waals surface area (Å²) in [5, 5.41) is 2.63. The summed E-state index contributed by atoms with van der Waals surface area (Å²) in [6.07, 6.45) is 0.994. The van der Waals surface area contributed by atoms with Gasteiger partial charge in [0.2, 0.25) is 5.91 Å². The van der Waals surface area contributed by atoms with E-state index in [2.05, 4.69) is 17.1 Å². The molecular weight excluding hydrogens is 286 g/mol. The van der Waals surface area contributed by atoms with E-state index < -0.39 is 0 Å². The Bertz CT molecular complexity index is 480. The number of hydrogen-bond acceptors (Lipinski definition) is 4. The van der Waals surface area contributed by atoms with Crippen molar-refractivity contribution in [3.8, 4) is 5.75 Å². The summed E-state index contributed by atoms with van der Waals surface area (Å²) in [5.41, 5.74) is 6.38. The number of hydrogen-bond donors (Lipinski definition) is 2. The molecule has 0 fully saturated rings. The Kier molecular flexibility index (Phi) is 7.71. The van der Waals surface area contributed by atoms with Gasteiger partial charge in [0.1, 0.15) is 17.3 Å². The fourth-order valence-corrected chi connectivity index (χ4v) is 2.03. The molecule has 1 aromatic rings. The van der Waals surface area contributed by atoms with E-state index in [1.54, 1.807) is 7.05 Å². The van der Waals surface area contributed by atoms with E-state index in [-0.39, 0.29) is 5.91 Å². The maximum Gasteiger partial charge on any atom is 0.233 e. The summed E-state index contributed by atoms with van der Waals surface area (Å²) < 4.78 is 5.70. The normalized spacial score (nSPS) is 10.4. The van der Waals surface area contributed by atoms with Gasteiger partial charge in [-0.15, -0.1) is 0 Å². The number of benzene rings is 1. The number of nitrogens with zero attached hydrogens (tertiary/aromatic N) is 1. The third kappa shape index (κ3) is 6.55. The molecule has 0 aliphatic heterocycles. The van der Waals surface area contributed by atoms with Gasteiger partial charge in [-0.25, -0.2) is 0 Å². The second kappa shape index (κ2) is 9.31. The maximum absolute atomic E-state index is 11.4. The summed E-state index contributed by atoms with van der Waals surface area (Å²) in [5.74, 6) is 0.746. The molecule has 0 aliphatic carbocycles. The van der Waals surface area contributed by atoms with Crippen LogP contribution >= 0.6 is 12.2 Å². The van der Waals surface area contributed by atoms with Gasteiger partial charge in [-0.3, -0.25) is 9.69 Å². The molecule has 1 amide bonds. The zero-order valence-corrected chi connectivity index (χ0v) is 13.4. The Morgan fingerprint density at radius 1 is 1.43 bits per heavy atom. The highest BCUT2D eigenvalue weighted by Gasteiger charge is 2.08. The number of carbonyl (C=O) groups is 1. The topological polar surface area (TPSA) is 67.6 Å². The number of amides is 1. The first-order valence-electron chi connectivity index (χ1n) is 7.02. The predicted molar refractivity (Wildman–Crippen MR) is 88.6 cm³/mol. The minimum Gasteiger partial charge on any atom is -0.492 e. The Hall–Kier alpha value is -1.66. The second-order valence-corrected chi connectivity index (χ2v) is 5.13. The average Bonchev–Trinajstić information content (AvgIpc) is 2.47. The van der Waals surface area contributed by atoms with Crippen LogP contribution in [0.2, 0.25) is 0 Å². The molecule has 3 N–H and O–H groups in total. The largest absolute Gasteiger partial charge is 0.492 e. The van der Waals surface area contributed by atoms with Gasteiger partial charge in [-0.05, 0) is 25.1 Å². The van der Waals surface area contributed by atoms with Crippen molar-refractivity contribution in [3.05, 3.63) is 29.8 Å². The van der Waals surface area contributed by atoms with E-state index in [1.165, 1.54) is 0 Å². The third-order valence-electron chi connectivity index (χ3n) is 2.98. The molecule has 21 heavy (non-hydrogen) atoms. The summed E-state index contributed by atoms with van der Waals surface area (Å²) >= 11 is 4.94. The molecule has 0 atom stereocenters. The van der Waals surface area contributed by atoms with E-state index in [4.69, 9.17) is 22.7 Å². The average molecular weight is 309 g/mol. The quantitative estimate of drug-likeness (QED) is 0.670. The van der Waals surface area contributed by atoms with Crippen molar-refractivity contribution in [2.45, 2.75) is 13.3 Å². The maximum atomic E-state index is 11.4. The third-order valence-corrected chi connectivity index (χ3v) is 3.22. The van der Waals surface area contributed by atoms with Gasteiger partial charge in [0, 0.05) is 19.2 Å². The van der Waals surface area contributed by atoms with Crippen molar-refractivity contribution in [3.63, 3.8) is 0 Å². The number of thiocarbonyl (C=S) groups is 1. The number of carbonyl (C=O) groups excluding carboxylic acids is 1. The summed E-state index contributed by atoms with van der Waals surface area (Å²) in [4.78, 5) is 13.8. The SMILES string of the molecule is CCCN(CCOc1cccc(C(N)=S)c1)CC(=O)NC. The second-order valence-electron chi connectivity index (χ2n) is 4.69. The van der Waals surface area contributed by atoms with Crippen LogP contribution in [-0.2, 0) is 4.79 Å². The van der Waals surface area contributed by atoms with E-state index in [1.807, 2.05) is 24.3 Å². The minimum atomic E-state index is 0.0129. The molecule has 0 unspecified atom stereocenters. The monoisotopic (exact) mass is 309 g/mol. The first-order valence-corrected chi connectivity index (χ1v) is 7.43. The van der Waals surface area contributed by atoms with Gasteiger partial charge in [-0.1, -0.05) is 31.3 Å².